The molecule has 1 fully saturated rings. The van der Waals surface area contributed by atoms with Crippen molar-refractivity contribution >= 4 is 33.6 Å². The molecule has 1 saturated heterocycles. The van der Waals surface area contributed by atoms with E-state index in [1.54, 1.807) is 6.20 Å². The number of fused-ring (bicyclic) bond motifs is 3. The van der Waals surface area contributed by atoms with E-state index in [0.717, 1.165) is 46.0 Å². The van der Waals surface area contributed by atoms with E-state index in [1.807, 2.05) is 23.6 Å². The minimum atomic E-state index is -0.294. The van der Waals surface area contributed by atoms with Crippen LogP contribution in [0, 0.1) is 0 Å². The largest absolute Gasteiger partial charge is 0.329 e. The zero-order valence-electron chi connectivity index (χ0n) is 15.5. The van der Waals surface area contributed by atoms with Crippen LogP contribution in [0.5, 0.6) is 0 Å². The molecule has 1 unspecified atom stereocenters. The van der Waals surface area contributed by atoms with E-state index in [1.165, 1.54) is 0 Å². The number of Topliss-reactive ketones (excluding diaryl/α,β-unsaturated/α-hetero) is 1. The maximum absolute atomic E-state index is 12.6. The Morgan fingerprint density at radius 1 is 1.33 bits per heavy atom. The summed E-state index contributed by atoms with van der Waals surface area (Å²) in [6.45, 7) is 5.77. The number of hydrogen-bond donors (Lipinski definition) is 1. The SMILES string of the molecule is C=C1CCC(n2c3ccc(CCC(=O)CC)cc3c3cccnc32)C(=O)N1. The zero-order chi connectivity index (χ0) is 19.0. The van der Waals surface area contributed by atoms with Crippen molar-refractivity contribution in [3.05, 3.63) is 54.4 Å². The highest BCUT2D eigenvalue weighted by atomic mass is 16.2. The second-order valence-electron chi connectivity index (χ2n) is 7.14. The fourth-order valence-corrected chi connectivity index (χ4v) is 3.86. The third-order valence-corrected chi connectivity index (χ3v) is 5.35. The Balaban J connectivity index is 1.82. The number of allylic oxidation sites excluding steroid dienone is 1. The predicted molar refractivity (Wildman–Crippen MR) is 106 cm³/mol. The Bertz CT molecular complexity index is 1060. The maximum atomic E-state index is 12.6. The van der Waals surface area contributed by atoms with Gasteiger partial charge >= 0.3 is 0 Å². The molecule has 4 rings (SSSR count). The van der Waals surface area contributed by atoms with Crippen LogP contribution in [0.4, 0.5) is 0 Å². The smallest absolute Gasteiger partial charge is 0.247 e. The van der Waals surface area contributed by atoms with Gasteiger partial charge in [0.1, 0.15) is 17.5 Å². The zero-order valence-corrected chi connectivity index (χ0v) is 15.5. The summed E-state index contributed by atoms with van der Waals surface area (Å²) in [6, 6.07) is 9.92. The van der Waals surface area contributed by atoms with Crippen LogP contribution in [-0.4, -0.2) is 21.2 Å². The summed E-state index contributed by atoms with van der Waals surface area (Å²) in [5.41, 5.74) is 3.73. The van der Waals surface area contributed by atoms with Gasteiger partial charge in [-0.3, -0.25) is 9.59 Å². The van der Waals surface area contributed by atoms with Crippen molar-refractivity contribution in [3.8, 4) is 0 Å². The molecule has 3 aromatic rings. The van der Waals surface area contributed by atoms with Gasteiger partial charge in [0, 0.05) is 35.5 Å². The molecule has 0 radical (unpaired) electrons. The Hall–Kier alpha value is -2.95. The van der Waals surface area contributed by atoms with Crippen LogP contribution in [0.25, 0.3) is 21.9 Å². The summed E-state index contributed by atoms with van der Waals surface area (Å²) >= 11 is 0. The summed E-state index contributed by atoms with van der Waals surface area (Å²) in [5, 5.41) is 4.99. The van der Waals surface area contributed by atoms with Crippen LogP contribution in [0.3, 0.4) is 0 Å². The molecule has 27 heavy (non-hydrogen) atoms. The molecule has 0 bridgehead atoms. The van der Waals surface area contributed by atoms with Crippen molar-refractivity contribution in [3.63, 3.8) is 0 Å². The number of benzene rings is 1. The normalized spacial score (nSPS) is 17.4. The molecule has 2 aromatic heterocycles. The molecule has 5 heteroatoms. The number of carbonyl (C=O) groups excluding carboxylic acids is 2. The third kappa shape index (κ3) is 3.14. The van der Waals surface area contributed by atoms with E-state index in [-0.39, 0.29) is 17.7 Å². The fourth-order valence-electron chi connectivity index (χ4n) is 3.86. The lowest BCUT2D eigenvalue weighted by molar-refractivity contribution is -0.124. The molecule has 1 aliphatic rings. The molecule has 1 aromatic carbocycles. The molecule has 138 valence electrons. The van der Waals surface area contributed by atoms with Crippen molar-refractivity contribution in [2.24, 2.45) is 0 Å². The average Bonchev–Trinajstić information content (AvgIpc) is 3.00. The first-order valence-corrected chi connectivity index (χ1v) is 9.46. The molecule has 0 spiro atoms. The number of rotatable bonds is 5. The second kappa shape index (κ2) is 6.99. The lowest BCUT2D eigenvalue weighted by atomic mass is 10.0. The molecule has 3 heterocycles. The molecule has 1 N–H and O–H groups in total. The molecule has 1 atom stereocenters. The third-order valence-electron chi connectivity index (χ3n) is 5.35. The first-order chi connectivity index (χ1) is 13.1. The van der Waals surface area contributed by atoms with Gasteiger partial charge in [-0.05, 0) is 49.1 Å². The first-order valence-electron chi connectivity index (χ1n) is 9.46. The monoisotopic (exact) mass is 361 g/mol. The Labute approximate surface area is 158 Å². The van der Waals surface area contributed by atoms with Gasteiger partial charge in [0.2, 0.25) is 5.91 Å². The number of pyridine rings is 1. The van der Waals surface area contributed by atoms with Crippen LogP contribution in [0.1, 0.15) is 44.2 Å². The number of amides is 1. The summed E-state index contributed by atoms with van der Waals surface area (Å²) in [4.78, 5) is 28.8. The minimum Gasteiger partial charge on any atom is -0.329 e. The molecule has 0 aliphatic carbocycles. The number of nitrogens with one attached hydrogen (secondary N) is 1. The lowest BCUT2D eigenvalue weighted by Gasteiger charge is -2.25. The highest BCUT2D eigenvalue weighted by Gasteiger charge is 2.28. The summed E-state index contributed by atoms with van der Waals surface area (Å²) in [7, 11) is 0. The molecule has 1 amide bonds. The van der Waals surface area contributed by atoms with Gasteiger partial charge in [0.25, 0.3) is 0 Å². The number of ketones is 1. The number of nitrogens with zero attached hydrogens (tertiary/aromatic N) is 2. The highest BCUT2D eigenvalue weighted by Crippen LogP contribution is 2.34. The Morgan fingerprint density at radius 3 is 2.96 bits per heavy atom. The molecular weight excluding hydrogens is 338 g/mol. The van der Waals surface area contributed by atoms with Gasteiger partial charge in [-0.1, -0.05) is 19.6 Å². The van der Waals surface area contributed by atoms with E-state index in [4.69, 9.17) is 0 Å². The topological polar surface area (TPSA) is 64.0 Å². The minimum absolute atomic E-state index is 0.0340. The number of carbonyl (C=O) groups is 2. The van der Waals surface area contributed by atoms with E-state index < -0.39 is 0 Å². The van der Waals surface area contributed by atoms with E-state index >= 15 is 0 Å². The summed E-state index contributed by atoms with van der Waals surface area (Å²) in [5.74, 6) is 0.242. The summed E-state index contributed by atoms with van der Waals surface area (Å²) in [6.07, 6.45) is 5.12. The van der Waals surface area contributed by atoms with Crippen molar-refractivity contribution in [2.75, 3.05) is 0 Å². The van der Waals surface area contributed by atoms with Crippen molar-refractivity contribution in [2.45, 2.75) is 45.1 Å². The van der Waals surface area contributed by atoms with Gasteiger partial charge in [-0.15, -0.1) is 0 Å². The average molecular weight is 361 g/mol. The van der Waals surface area contributed by atoms with Gasteiger partial charge in [0.15, 0.2) is 0 Å². The van der Waals surface area contributed by atoms with Crippen LogP contribution in [0.15, 0.2) is 48.8 Å². The lowest BCUT2D eigenvalue weighted by Crippen LogP contribution is -2.36. The van der Waals surface area contributed by atoms with Gasteiger partial charge < -0.3 is 9.88 Å². The van der Waals surface area contributed by atoms with Crippen LogP contribution in [-0.2, 0) is 16.0 Å². The molecule has 5 nitrogen and oxygen atoms in total. The van der Waals surface area contributed by atoms with Gasteiger partial charge in [-0.25, -0.2) is 4.98 Å². The van der Waals surface area contributed by atoms with Crippen LogP contribution in [0.2, 0.25) is 0 Å². The standard InChI is InChI=1S/C22H23N3O2/c1-3-16(26)9-7-15-8-11-19-18(13-15)17-5-4-12-23-21(17)25(19)20-10-6-14(2)24-22(20)27/h4-5,8,11-13,20H,2-3,6-7,9-10H2,1H3,(H,24,27). The number of hydrogen-bond acceptors (Lipinski definition) is 3. The number of aryl methyl sites for hydroxylation is 1. The maximum Gasteiger partial charge on any atom is 0.247 e. The Kier molecular flexibility index (Phi) is 4.52. The molecule has 1 aliphatic heterocycles. The highest BCUT2D eigenvalue weighted by molar-refractivity contribution is 6.08. The molecule has 0 saturated carbocycles. The fraction of sp³-hybridized carbons (Fsp3) is 0.318. The van der Waals surface area contributed by atoms with Crippen LogP contribution < -0.4 is 5.32 Å². The van der Waals surface area contributed by atoms with E-state index in [0.29, 0.717) is 19.3 Å². The van der Waals surface area contributed by atoms with Crippen molar-refractivity contribution in [1.82, 2.24) is 14.9 Å². The molecular formula is C22H23N3O2. The predicted octanol–water partition coefficient (Wildman–Crippen LogP) is 4.07. The van der Waals surface area contributed by atoms with Gasteiger partial charge in [-0.2, -0.15) is 0 Å². The van der Waals surface area contributed by atoms with Crippen molar-refractivity contribution in [1.29, 1.82) is 0 Å². The van der Waals surface area contributed by atoms with Gasteiger partial charge in [0.05, 0.1) is 5.52 Å². The van der Waals surface area contributed by atoms with Crippen molar-refractivity contribution < 1.29 is 9.59 Å². The number of piperidine rings is 1. The van der Waals surface area contributed by atoms with E-state index in [2.05, 4.69) is 35.1 Å². The Morgan fingerprint density at radius 2 is 2.19 bits per heavy atom. The van der Waals surface area contributed by atoms with Crippen LogP contribution >= 0.6 is 0 Å². The second-order valence-corrected chi connectivity index (χ2v) is 7.14. The number of aromatic nitrogens is 2. The quantitative estimate of drug-likeness (QED) is 0.745. The van der Waals surface area contributed by atoms with E-state index in [9.17, 15) is 9.59 Å². The first kappa shape index (κ1) is 17.5. The summed E-state index contributed by atoms with van der Waals surface area (Å²) < 4.78 is 2.05.